The summed E-state index contributed by atoms with van der Waals surface area (Å²) < 4.78 is 4.58. The van der Waals surface area contributed by atoms with Crippen molar-refractivity contribution in [1.29, 1.82) is 0 Å². The third-order valence-electron chi connectivity index (χ3n) is 3.98. The van der Waals surface area contributed by atoms with Gasteiger partial charge in [0.1, 0.15) is 0 Å². The topological polar surface area (TPSA) is 70.7 Å². The monoisotopic (exact) mass is 269 g/mol. The van der Waals surface area contributed by atoms with Crippen LogP contribution in [-0.2, 0) is 9.53 Å². The first kappa shape index (κ1) is 14.1. The minimum absolute atomic E-state index is 0.0236. The van der Waals surface area contributed by atoms with Crippen molar-refractivity contribution in [2.45, 2.75) is 38.3 Å². The van der Waals surface area contributed by atoms with Crippen molar-refractivity contribution < 1.29 is 14.3 Å². The molecule has 2 aliphatic heterocycles. The Hall–Kier alpha value is -1.30. The van der Waals surface area contributed by atoms with Crippen molar-refractivity contribution in [3.63, 3.8) is 0 Å². The summed E-state index contributed by atoms with van der Waals surface area (Å²) in [6.07, 6.45) is 2.20. The van der Waals surface area contributed by atoms with Gasteiger partial charge in [-0.15, -0.1) is 0 Å². The predicted molar refractivity (Wildman–Crippen MR) is 70.7 cm³/mol. The number of hydrogen-bond acceptors (Lipinski definition) is 4. The van der Waals surface area contributed by atoms with Gasteiger partial charge in [-0.1, -0.05) is 0 Å². The van der Waals surface area contributed by atoms with Gasteiger partial charge < -0.3 is 20.3 Å². The number of ether oxygens (including phenoxy) is 1. The van der Waals surface area contributed by atoms with E-state index in [-0.39, 0.29) is 17.9 Å². The van der Waals surface area contributed by atoms with Crippen LogP contribution in [0.15, 0.2) is 0 Å². The molecule has 0 aromatic carbocycles. The maximum absolute atomic E-state index is 12.4. The number of methoxy groups -OCH3 is 1. The van der Waals surface area contributed by atoms with Crippen molar-refractivity contribution in [2.75, 3.05) is 26.7 Å². The van der Waals surface area contributed by atoms with Crippen LogP contribution in [0.2, 0.25) is 0 Å². The zero-order valence-electron chi connectivity index (χ0n) is 11.6. The highest BCUT2D eigenvalue weighted by Gasteiger charge is 2.33. The molecule has 0 aromatic heterocycles. The van der Waals surface area contributed by atoms with Gasteiger partial charge in [0.2, 0.25) is 5.91 Å². The molecule has 6 heteroatoms. The van der Waals surface area contributed by atoms with Crippen molar-refractivity contribution in [3.05, 3.63) is 0 Å². The number of nitrogens with zero attached hydrogens (tertiary/aromatic N) is 1. The molecule has 2 aliphatic rings. The molecule has 3 unspecified atom stereocenters. The Bertz CT molecular complexity index is 348. The number of hydrogen-bond donors (Lipinski definition) is 2. The molecule has 19 heavy (non-hydrogen) atoms. The molecule has 0 saturated carbocycles. The smallest absolute Gasteiger partial charge is 0.407 e. The van der Waals surface area contributed by atoms with Crippen LogP contribution in [0.1, 0.15) is 26.2 Å². The zero-order valence-corrected chi connectivity index (χ0v) is 11.6. The third-order valence-corrected chi connectivity index (χ3v) is 3.98. The summed E-state index contributed by atoms with van der Waals surface area (Å²) in [6, 6.07) is 0.435. The van der Waals surface area contributed by atoms with Gasteiger partial charge >= 0.3 is 6.09 Å². The van der Waals surface area contributed by atoms with Crippen molar-refractivity contribution in [2.24, 2.45) is 5.92 Å². The highest BCUT2D eigenvalue weighted by Crippen LogP contribution is 2.21. The second-order valence-electron chi connectivity index (χ2n) is 5.48. The third kappa shape index (κ3) is 3.59. The van der Waals surface area contributed by atoms with Crippen LogP contribution in [0, 0.1) is 5.92 Å². The molecule has 2 rings (SSSR count). The summed E-state index contributed by atoms with van der Waals surface area (Å²) >= 11 is 0. The number of carbonyl (C=O) groups excluding carboxylic acids is 2. The summed E-state index contributed by atoms with van der Waals surface area (Å²) in [5.74, 6) is 0.371. The lowest BCUT2D eigenvalue weighted by atomic mass is 9.92. The van der Waals surface area contributed by atoms with E-state index < -0.39 is 6.09 Å². The highest BCUT2D eigenvalue weighted by molar-refractivity contribution is 5.79. The maximum atomic E-state index is 12.4. The van der Waals surface area contributed by atoms with Crippen LogP contribution in [0.4, 0.5) is 4.79 Å². The Morgan fingerprint density at radius 2 is 2.16 bits per heavy atom. The lowest BCUT2D eigenvalue weighted by Crippen LogP contribution is -2.44. The van der Waals surface area contributed by atoms with Gasteiger partial charge in [0.25, 0.3) is 0 Å². The number of rotatable bonds is 2. The van der Waals surface area contributed by atoms with E-state index in [1.54, 1.807) is 0 Å². The lowest BCUT2D eigenvalue weighted by molar-refractivity contribution is -0.135. The second kappa shape index (κ2) is 6.23. The number of alkyl carbamates (subject to hydrolysis) is 1. The first-order valence-electron chi connectivity index (χ1n) is 6.96. The van der Waals surface area contributed by atoms with Gasteiger partial charge in [0.15, 0.2) is 0 Å². The van der Waals surface area contributed by atoms with E-state index >= 15 is 0 Å². The lowest BCUT2D eigenvalue weighted by Gasteiger charge is -2.30. The number of piperidine rings is 1. The molecule has 2 fully saturated rings. The Morgan fingerprint density at radius 1 is 1.37 bits per heavy atom. The van der Waals surface area contributed by atoms with Crippen LogP contribution in [0.5, 0.6) is 0 Å². The number of amides is 2. The van der Waals surface area contributed by atoms with Crippen molar-refractivity contribution in [3.8, 4) is 0 Å². The molecule has 0 aliphatic carbocycles. The van der Waals surface area contributed by atoms with Crippen LogP contribution in [0.25, 0.3) is 0 Å². The van der Waals surface area contributed by atoms with Crippen molar-refractivity contribution in [1.82, 2.24) is 15.5 Å². The van der Waals surface area contributed by atoms with E-state index in [0.717, 1.165) is 32.4 Å². The molecule has 2 saturated heterocycles. The van der Waals surface area contributed by atoms with Crippen LogP contribution in [-0.4, -0.2) is 55.7 Å². The minimum atomic E-state index is -0.421. The number of nitrogens with one attached hydrogen (secondary N) is 2. The molecule has 6 nitrogen and oxygen atoms in total. The van der Waals surface area contributed by atoms with E-state index in [2.05, 4.69) is 22.3 Å². The molecule has 2 amide bonds. The van der Waals surface area contributed by atoms with E-state index in [9.17, 15) is 9.59 Å². The van der Waals surface area contributed by atoms with Gasteiger partial charge in [-0.2, -0.15) is 0 Å². The summed E-state index contributed by atoms with van der Waals surface area (Å²) in [5, 5.41) is 6.11. The molecular formula is C13H23N3O3. The first-order chi connectivity index (χ1) is 9.10. The summed E-state index contributed by atoms with van der Waals surface area (Å²) in [5.41, 5.74) is 0. The Kier molecular flexibility index (Phi) is 4.63. The van der Waals surface area contributed by atoms with Gasteiger partial charge in [0.05, 0.1) is 13.2 Å². The Morgan fingerprint density at radius 3 is 2.84 bits per heavy atom. The zero-order chi connectivity index (χ0) is 13.8. The minimum Gasteiger partial charge on any atom is -0.453 e. The van der Waals surface area contributed by atoms with Crippen LogP contribution in [0.3, 0.4) is 0 Å². The van der Waals surface area contributed by atoms with Crippen LogP contribution >= 0.6 is 0 Å². The maximum Gasteiger partial charge on any atom is 0.407 e. The Labute approximate surface area is 113 Å². The molecule has 0 radical (unpaired) electrons. The molecule has 0 bridgehead atoms. The van der Waals surface area contributed by atoms with E-state index in [1.165, 1.54) is 7.11 Å². The average molecular weight is 269 g/mol. The Balaban J connectivity index is 1.82. The fourth-order valence-electron chi connectivity index (χ4n) is 2.92. The second-order valence-corrected chi connectivity index (χ2v) is 5.48. The van der Waals surface area contributed by atoms with E-state index in [1.807, 2.05) is 4.90 Å². The van der Waals surface area contributed by atoms with Gasteiger partial charge in [-0.05, 0) is 32.7 Å². The SMILES string of the molecule is COC(=O)NC1CCN(C(=O)C2CCNC(C)C2)C1. The van der Waals surface area contributed by atoms with Crippen molar-refractivity contribution >= 4 is 12.0 Å². The molecule has 0 aromatic rings. The largest absolute Gasteiger partial charge is 0.453 e. The van der Waals surface area contributed by atoms with E-state index in [4.69, 9.17) is 0 Å². The predicted octanol–water partition coefficient (Wildman–Crippen LogP) is 0.331. The first-order valence-corrected chi connectivity index (χ1v) is 6.96. The van der Waals surface area contributed by atoms with Gasteiger partial charge in [0, 0.05) is 25.0 Å². The standard InChI is InChI=1S/C13H23N3O3/c1-9-7-10(3-5-14-9)12(17)16-6-4-11(8-16)15-13(18)19-2/h9-11,14H,3-8H2,1-2H3,(H,15,18). The normalized spacial score (nSPS) is 31.1. The summed E-state index contributed by atoms with van der Waals surface area (Å²) in [6.45, 7) is 4.36. The molecule has 3 atom stereocenters. The molecule has 108 valence electrons. The highest BCUT2D eigenvalue weighted by atomic mass is 16.5. The molecule has 2 heterocycles. The number of likely N-dealkylation sites (tertiary alicyclic amines) is 1. The fraction of sp³-hybridized carbons (Fsp3) is 0.846. The van der Waals surface area contributed by atoms with Gasteiger partial charge in [-0.25, -0.2) is 4.79 Å². The van der Waals surface area contributed by atoms with Crippen LogP contribution < -0.4 is 10.6 Å². The summed E-state index contributed by atoms with van der Waals surface area (Å²) in [7, 11) is 1.35. The van der Waals surface area contributed by atoms with E-state index in [0.29, 0.717) is 12.6 Å². The fourth-order valence-corrected chi connectivity index (χ4v) is 2.92. The number of carbonyl (C=O) groups is 2. The quantitative estimate of drug-likeness (QED) is 0.758. The average Bonchev–Trinajstić information content (AvgIpc) is 2.86. The molecule has 2 N–H and O–H groups in total. The summed E-state index contributed by atoms with van der Waals surface area (Å²) in [4.78, 5) is 25.4. The van der Waals surface area contributed by atoms with Gasteiger partial charge in [-0.3, -0.25) is 4.79 Å². The molecular weight excluding hydrogens is 246 g/mol. The molecule has 0 spiro atoms.